The van der Waals surface area contributed by atoms with Gasteiger partial charge in [0.15, 0.2) is 0 Å². The van der Waals surface area contributed by atoms with Gasteiger partial charge in [-0.05, 0) is 77.3 Å². The van der Waals surface area contributed by atoms with E-state index in [0.717, 1.165) is 35.4 Å². The lowest BCUT2D eigenvalue weighted by Crippen LogP contribution is -2.42. The normalized spacial score (nSPS) is 16.2. The van der Waals surface area contributed by atoms with E-state index in [1.807, 2.05) is 65.0 Å². The van der Waals surface area contributed by atoms with Gasteiger partial charge in [-0.15, -0.1) is 0 Å². The second-order valence-corrected chi connectivity index (χ2v) is 10.7. The molecule has 1 aliphatic heterocycles. The molecule has 1 atom stereocenters. The summed E-state index contributed by atoms with van der Waals surface area (Å²) in [6.07, 6.45) is 6.07. The van der Waals surface area contributed by atoms with Crippen molar-refractivity contribution in [1.82, 2.24) is 19.3 Å². The largest absolute Gasteiger partial charge is 0.444 e. The molecule has 204 valence electrons. The molecule has 3 N–H and O–H groups in total. The molecule has 1 fully saturated rings. The zero-order valence-electron chi connectivity index (χ0n) is 23.2. The minimum Gasteiger partial charge on any atom is -0.444 e. The number of rotatable bonds is 6. The molecule has 4 heterocycles. The Kier molecular flexibility index (Phi) is 8.19. The molecule has 0 unspecified atom stereocenters. The van der Waals surface area contributed by atoms with Crippen LogP contribution in [-0.4, -0.2) is 55.8 Å². The second-order valence-electron chi connectivity index (χ2n) is 10.7. The first-order valence-corrected chi connectivity index (χ1v) is 13.1. The highest BCUT2D eigenvalue weighted by molar-refractivity contribution is 6.23. The fourth-order valence-corrected chi connectivity index (χ4v) is 4.66. The van der Waals surface area contributed by atoms with Gasteiger partial charge in [-0.3, -0.25) is 14.4 Å². The fraction of sp³-hybridized carbons (Fsp3) is 0.414. The number of allylic oxidation sites excluding steroid dienone is 1. The van der Waals surface area contributed by atoms with E-state index in [-0.39, 0.29) is 18.2 Å². The Morgan fingerprint density at radius 1 is 1.28 bits per heavy atom. The van der Waals surface area contributed by atoms with Crippen LogP contribution in [0, 0.1) is 11.3 Å². The topological polar surface area (TPSA) is 134 Å². The van der Waals surface area contributed by atoms with E-state index in [0.29, 0.717) is 30.2 Å². The summed E-state index contributed by atoms with van der Waals surface area (Å²) in [5.74, 6) is 0.701. The number of nitrogens with zero attached hydrogens (tertiary/aromatic N) is 6. The van der Waals surface area contributed by atoms with Gasteiger partial charge in [0.2, 0.25) is 0 Å². The highest BCUT2D eigenvalue weighted by Crippen LogP contribution is 2.27. The number of aliphatic imine (C=N–C) groups is 1. The number of piperidine rings is 1. The van der Waals surface area contributed by atoms with Gasteiger partial charge < -0.3 is 20.7 Å². The number of likely N-dealkylation sites (tertiary alicyclic amines) is 1. The average molecular weight is 529 g/mol. The molecule has 39 heavy (non-hydrogen) atoms. The first-order valence-electron chi connectivity index (χ1n) is 13.1. The number of nitriles is 1. The fourth-order valence-electron chi connectivity index (χ4n) is 4.66. The molecular weight excluding hydrogens is 492 g/mol. The Morgan fingerprint density at radius 2 is 2.03 bits per heavy atom. The first-order chi connectivity index (χ1) is 18.6. The van der Waals surface area contributed by atoms with Crippen molar-refractivity contribution in [2.75, 3.05) is 18.4 Å². The van der Waals surface area contributed by atoms with Crippen LogP contribution in [0.25, 0.3) is 11.2 Å². The summed E-state index contributed by atoms with van der Waals surface area (Å²) < 4.78 is 7.29. The van der Waals surface area contributed by atoms with Gasteiger partial charge in [0.05, 0.1) is 24.0 Å². The summed E-state index contributed by atoms with van der Waals surface area (Å²) in [6, 6.07) is 11.8. The molecular formula is C29H36N8O2. The minimum absolute atomic E-state index is 0.0701. The maximum atomic E-state index is 12.4. The predicted molar refractivity (Wildman–Crippen MR) is 152 cm³/mol. The molecule has 1 amide bonds. The van der Waals surface area contributed by atoms with Crippen LogP contribution in [0.3, 0.4) is 0 Å². The van der Waals surface area contributed by atoms with Crippen molar-refractivity contribution in [3.05, 3.63) is 65.9 Å². The zero-order chi connectivity index (χ0) is 28.2. The molecule has 1 saturated heterocycles. The van der Waals surface area contributed by atoms with Gasteiger partial charge in [0, 0.05) is 36.8 Å². The molecule has 3 aromatic heterocycles. The quantitative estimate of drug-likeness (QED) is 0.433. The van der Waals surface area contributed by atoms with E-state index in [4.69, 9.17) is 15.5 Å². The maximum absolute atomic E-state index is 12.4. The highest BCUT2D eigenvalue weighted by atomic mass is 16.6. The molecule has 1 aliphatic rings. The summed E-state index contributed by atoms with van der Waals surface area (Å²) >= 11 is 0. The van der Waals surface area contributed by atoms with Crippen molar-refractivity contribution in [1.29, 1.82) is 5.26 Å². The van der Waals surface area contributed by atoms with Gasteiger partial charge in [0.1, 0.15) is 28.8 Å². The molecule has 3 aromatic rings. The Hall–Kier alpha value is -4.39. The van der Waals surface area contributed by atoms with Crippen molar-refractivity contribution in [2.45, 2.75) is 65.1 Å². The number of hydrogen-bond acceptors (Lipinski definition) is 8. The van der Waals surface area contributed by atoms with Crippen LogP contribution < -0.4 is 11.1 Å². The molecule has 0 radical (unpaired) electrons. The Labute approximate surface area is 229 Å². The number of nitrogens with two attached hydrogens (primary N) is 1. The SMILES string of the molecule is CC(=NC1CCN(C(=O)OC(C)(C)C)CC1)/C(=C\N)c1cc(N[C@H](C)c2ccccn2)n2c(C#N)cnc2c1. The number of aromatic nitrogens is 3. The molecule has 0 aromatic carbocycles. The van der Waals surface area contributed by atoms with Gasteiger partial charge in [0.25, 0.3) is 0 Å². The number of carbonyl (C=O) groups excluding carboxylic acids is 1. The summed E-state index contributed by atoms with van der Waals surface area (Å²) in [4.78, 5) is 28.0. The van der Waals surface area contributed by atoms with Crippen LogP contribution in [0.5, 0.6) is 0 Å². The highest BCUT2D eigenvalue weighted by Gasteiger charge is 2.27. The van der Waals surface area contributed by atoms with Crippen LogP contribution >= 0.6 is 0 Å². The number of carbonyl (C=O) groups is 1. The first kappa shape index (κ1) is 27.6. The number of imidazole rings is 1. The Morgan fingerprint density at radius 3 is 2.64 bits per heavy atom. The third-order valence-electron chi connectivity index (χ3n) is 6.58. The molecule has 0 bridgehead atoms. The lowest BCUT2D eigenvalue weighted by Gasteiger charge is -2.32. The van der Waals surface area contributed by atoms with Crippen molar-refractivity contribution in [3.8, 4) is 6.07 Å². The number of hydrogen-bond donors (Lipinski definition) is 2. The lowest BCUT2D eigenvalue weighted by molar-refractivity contribution is 0.0207. The van der Waals surface area contributed by atoms with Gasteiger partial charge >= 0.3 is 6.09 Å². The van der Waals surface area contributed by atoms with Crippen molar-refractivity contribution in [3.63, 3.8) is 0 Å². The van der Waals surface area contributed by atoms with Crippen LogP contribution in [0.1, 0.15) is 70.5 Å². The van der Waals surface area contributed by atoms with Gasteiger partial charge in [-0.2, -0.15) is 5.26 Å². The van der Waals surface area contributed by atoms with E-state index < -0.39 is 5.60 Å². The molecule has 0 aliphatic carbocycles. The summed E-state index contributed by atoms with van der Waals surface area (Å²) in [7, 11) is 0. The number of fused-ring (bicyclic) bond motifs is 1. The minimum atomic E-state index is -0.517. The molecule has 10 heteroatoms. The van der Waals surface area contributed by atoms with Crippen LogP contribution in [-0.2, 0) is 4.74 Å². The summed E-state index contributed by atoms with van der Waals surface area (Å²) in [5.41, 5.74) is 9.95. The van der Waals surface area contributed by atoms with E-state index in [1.54, 1.807) is 27.9 Å². The molecule has 0 saturated carbocycles. The Balaban J connectivity index is 1.57. The van der Waals surface area contributed by atoms with E-state index in [9.17, 15) is 10.1 Å². The number of nitrogens with one attached hydrogen (secondary N) is 1. The zero-order valence-corrected chi connectivity index (χ0v) is 23.2. The number of ether oxygens (including phenoxy) is 1. The average Bonchev–Trinajstić information content (AvgIpc) is 3.32. The van der Waals surface area contributed by atoms with Gasteiger partial charge in [-0.25, -0.2) is 9.78 Å². The van der Waals surface area contributed by atoms with Crippen LogP contribution in [0.15, 0.2) is 53.9 Å². The van der Waals surface area contributed by atoms with Crippen molar-refractivity contribution < 1.29 is 9.53 Å². The standard InChI is InChI=1S/C29H36N8O2/c1-19(34-22-9-12-36(13-10-22)28(38)39-29(3,4)5)24(17-31)21-14-26-33-18-23(16-30)37(26)27(15-21)35-20(2)25-8-6-7-11-32-25/h6-8,11,14-15,17-18,20,22,35H,9-10,12-13,31H2,1-5H3/b24-17+,34-19?/t20-/m1/s1. The lowest BCUT2D eigenvalue weighted by atomic mass is 10.0. The second kappa shape index (κ2) is 11.6. The van der Waals surface area contributed by atoms with Gasteiger partial charge in [-0.1, -0.05) is 6.07 Å². The Bertz CT molecular complexity index is 1420. The third-order valence-corrected chi connectivity index (χ3v) is 6.58. The monoisotopic (exact) mass is 528 g/mol. The van der Waals surface area contributed by atoms with Crippen LogP contribution in [0.4, 0.5) is 10.6 Å². The molecule has 4 rings (SSSR count). The molecule has 10 nitrogen and oxygen atoms in total. The van der Waals surface area contributed by atoms with E-state index >= 15 is 0 Å². The van der Waals surface area contributed by atoms with Crippen LogP contribution in [0.2, 0.25) is 0 Å². The van der Waals surface area contributed by atoms with Crippen molar-refractivity contribution >= 4 is 28.8 Å². The van der Waals surface area contributed by atoms with Crippen molar-refractivity contribution in [2.24, 2.45) is 10.7 Å². The predicted octanol–water partition coefficient (Wildman–Crippen LogP) is 4.93. The van der Waals surface area contributed by atoms with E-state index in [1.165, 1.54) is 0 Å². The smallest absolute Gasteiger partial charge is 0.410 e. The number of pyridine rings is 2. The third kappa shape index (κ3) is 6.55. The number of anilines is 1. The van der Waals surface area contributed by atoms with E-state index in [2.05, 4.69) is 21.4 Å². The number of amides is 1. The molecule has 0 spiro atoms. The summed E-state index contributed by atoms with van der Waals surface area (Å²) in [6.45, 7) is 10.7. The summed E-state index contributed by atoms with van der Waals surface area (Å²) in [5, 5.41) is 13.2. The maximum Gasteiger partial charge on any atom is 0.410 e.